The van der Waals surface area contributed by atoms with Gasteiger partial charge in [0.15, 0.2) is 0 Å². The van der Waals surface area contributed by atoms with E-state index in [1.807, 2.05) is 0 Å². The first kappa shape index (κ1) is 12.2. The molecule has 2 nitrogen and oxygen atoms in total. The van der Waals surface area contributed by atoms with Crippen molar-refractivity contribution >= 4 is 5.97 Å². The van der Waals surface area contributed by atoms with Crippen molar-refractivity contribution in [2.24, 2.45) is 5.92 Å². The number of rotatable bonds is 7. The molecule has 0 fully saturated rings. The fourth-order valence-corrected chi connectivity index (χ4v) is 1.39. The second-order valence-corrected chi connectivity index (χ2v) is 3.28. The van der Waals surface area contributed by atoms with Crippen molar-refractivity contribution in [2.45, 2.75) is 39.5 Å². The maximum absolute atomic E-state index is 10.8. The summed E-state index contributed by atoms with van der Waals surface area (Å²) in [5.74, 6) is 0.219. The Labute approximate surface area is 81.0 Å². The molecule has 0 spiro atoms. The summed E-state index contributed by atoms with van der Waals surface area (Å²) in [5, 5.41) is 0. The second-order valence-electron chi connectivity index (χ2n) is 3.28. The van der Waals surface area contributed by atoms with Gasteiger partial charge in [0.1, 0.15) is 0 Å². The van der Waals surface area contributed by atoms with E-state index in [1.54, 1.807) is 0 Å². The maximum Gasteiger partial charge on any atom is 0.330 e. The van der Waals surface area contributed by atoms with Crippen LogP contribution in [0.15, 0.2) is 12.7 Å². The lowest BCUT2D eigenvalue weighted by molar-refractivity contribution is -0.139. The summed E-state index contributed by atoms with van der Waals surface area (Å²) >= 11 is 0. The second kappa shape index (κ2) is 7.84. The summed E-state index contributed by atoms with van der Waals surface area (Å²) < 4.78 is 5.00. The van der Waals surface area contributed by atoms with Crippen LogP contribution in [0.1, 0.15) is 39.5 Å². The molecule has 0 aromatic rings. The molecule has 76 valence electrons. The quantitative estimate of drug-likeness (QED) is 0.449. The molecule has 0 aliphatic heterocycles. The van der Waals surface area contributed by atoms with Crippen LogP contribution in [0.3, 0.4) is 0 Å². The highest BCUT2D eigenvalue weighted by Gasteiger charge is 2.08. The molecule has 0 aliphatic rings. The van der Waals surface area contributed by atoms with Crippen LogP contribution in [-0.2, 0) is 9.53 Å². The van der Waals surface area contributed by atoms with Crippen LogP contribution >= 0.6 is 0 Å². The molecule has 0 N–H and O–H groups in total. The van der Waals surface area contributed by atoms with Gasteiger partial charge in [0.25, 0.3) is 0 Å². The molecule has 0 aromatic heterocycles. The van der Waals surface area contributed by atoms with Crippen LogP contribution in [0.4, 0.5) is 0 Å². The van der Waals surface area contributed by atoms with Gasteiger partial charge in [-0.3, -0.25) is 0 Å². The van der Waals surface area contributed by atoms with E-state index >= 15 is 0 Å². The number of ether oxygens (including phenoxy) is 1. The topological polar surface area (TPSA) is 26.3 Å². The molecule has 0 saturated heterocycles. The van der Waals surface area contributed by atoms with Crippen molar-refractivity contribution in [3.63, 3.8) is 0 Å². The van der Waals surface area contributed by atoms with Gasteiger partial charge < -0.3 is 4.74 Å². The van der Waals surface area contributed by atoms with Gasteiger partial charge in [-0.15, -0.1) is 0 Å². The molecule has 0 atom stereocenters. The minimum Gasteiger partial charge on any atom is -0.462 e. The molecule has 2 heteroatoms. The zero-order chi connectivity index (χ0) is 10.1. The third-order valence-electron chi connectivity index (χ3n) is 2.02. The lowest BCUT2D eigenvalue weighted by Gasteiger charge is -2.14. The normalized spacial score (nSPS) is 10.1. The lowest BCUT2D eigenvalue weighted by atomic mass is 9.99. The number of carbonyl (C=O) groups excluding carboxylic acids is 1. The highest BCUT2D eigenvalue weighted by Crippen LogP contribution is 2.13. The molecule has 0 radical (unpaired) electrons. The van der Waals surface area contributed by atoms with Crippen molar-refractivity contribution in [2.75, 3.05) is 6.61 Å². The van der Waals surface area contributed by atoms with Gasteiger partial charge in [0.05, 0.1) is 6.61 Å². The van der Waals surface area contributed by atoms with E-state index in [1.165, 1.54) is 6.08 Å². The van der Waals surface area contributed by atoms with Crippen LogP contribution in [-0.4, -0.2) is 12.6 Å². The molecule has 0 rings (SSSR count). The fourth-order valence-electron chi connectivity index (χ4n) is 1.39. The summed E-state index contributed by atoms with van der Waals surface area (Å²) in [6, 6.07) is 0. The summed E-state index contributed by atoms with van der Waals surface area (Å²) in [7, 11) is 0. The standard InChI is InChI=1S/C11H20O2/c1-4-7-10(8-5-2)9-13-11(12)6-3/h6,10H,3-5,7-9H2,1-2H3. The summed E-state index contributed by atoms with van der Waals surface area (Å²) in [5.41, 5.74) is 0. The van der Waals surface area contributed by atoms with E-state index in [4.69, 9.17) is 4.74 Å². The Morgan fingerprint density at radius 2 is 1.92 bits per heavy atom. The van der Waals surface area contributed by atoms with Crippen molar-refractivity contribution in [1.82, 2.24) is 0 Å². The van der Waals surface area contributed by atoms with Gasteiger partial charge in [-0.1, -0.05) is 33.3 Å². The van der Waals surface area contributed by atoms with Gasteiger partial charge in [-0.25, -0.2) is 4.79 Å². The molecule has 0 unspecified atom stereocenters. The first-order valence-corrected chi connectivity index (χ1v) is 5.03. The molecular weight excluding hydrogens is 164 g/mol. The van der Waals surface area contributed by atoms with Gasteiger partial charge in [-0.05, 0) is 18.8 Å². The van der Waals surface area contributed by atoms with Crippen LogP contribution in [0.2, 0.25) is 0 Å². The van der Waals surface area contributed by atoms with E-state index < -0.39 is 0 Å². The van der Waals surface area contributed by atoms with Crippen LogP contribution in [0.25, 0.3) is 0 Å². The van der Waals surface area contributed by atoms with Gasteiger partial charge in [0, 0.05) is 6.08 Å². The van der Waals surface area contributed by atoms with Crippen LogP contribution < -0.4 is 0 Å². The molecular formula is C11H20O2. The molecule has 0 amide bonds. The van der Waals surface area contributed by atoms with Gasteiger partial charge in [-0.2, -0.15) is 0 Å². The number of hydrogen-bond acceptors (Lipinski definition) is 2. The van der Waals surface area contributed by atoms with E-state index in [2.05, 4.69) is 20.4 Å². The summed E-state index contributed by atoms with van der Waals surface area (Å²) in [4.78, 5) is 10.8. The summed E-state index contributed by atoms with van der Waals surface area (Å²) in [6.07, 6.45) is 5.79. The largest absolute Gasteiger partial charge is 0.462 e. The molecule has 0 saturated carbocycles. The van der Waals surface area contributed by atoms with Gasteiger partial charge >= 0.3 is 5.97 Å². The average Bonchev–Trinajstić information content (AvgIpc) is 2.14. The van der Waals surface area contributed by atoms with Crippen molar-refractivity contribution in [3.05, 3.63) is 12.7 Å². The molecule has 13 heavy (non-hydrogen) atoms. The van der Waals surface area contributed by atoms with E-state index in [0.29, 0.717) is 12.5 Å². The van der Waals surface area contributed by atoms with E-state index in [-0.39, 0.29) is 5.97 Å². The number of hydrogen-bond donors (Lipinski definition) is 0. The maximum atomic E-state index is 10.8. The molecule has 0 heterocycles. The Morgan fingerprint density at radius 1 is 1.38 bits per heavy atom. The van der Waals surface area contributed by atoms with Crippen molar-refractivity contribution in [1.29, 1.82) is 0 Å². The molecule has 0 aliphatic carbocycles. The lowest BCUT2D eigenvalue weighted by Crippen LogP contribution is -2.12. The zero-order valence-corrected chi connectivity index (χ0v) is 8.71. The zero-order valence-electron chi connectivity index (χ0n) is 8.71. The predicted molar refractivity (Wildman–Crippen MR) is 54.5 cm³/mol. The van der Waals surface area contributed by atoms with Crippen molar-refractivity contribution in [3.8, 4) is 0 Å². The Hall–Kier alpha value is -0.790. The minimum atomic E-state index is -0.308. The molecule has 0 bridgehead atoms. The highest BCUT2D eigenvalue weighted by atomic mass is 16.5. The Bertz CT molecular complexity index is 146. The van der Waals surface area contributed by atoms with Crippen LogP contribution in [0, 0.1) is 5.92 Å². The third-order valence-corrected chi connectivity index (χ3v) is 2.02. The predicted octanol–water partition coefficient (Wildman–Crippen LogP) is 2.93. The number of carbonyl (C=O) groups is 1. The fraction of sp³-hybridized carbons (Fsp3) is 0.727. The SMILES string of the molecule is C=CC(=O)OCC(CCC)CCC. The highest BCUT2D eigenvalue weighted by molar-refractivity contribution is 5.81. The third kappa shape index (κ3) is 6.38. The Balaban J connectivity index is 3.67. The average molecular weight is 184 g/mol. The van der Waals surface area contributed by atoms with Gasteiger partial charge in [0.2, 0.25) is 0 Å². The van der Waals surface area contributed by atoms with E-state index in [9.17, 15) is 4.79 Å². The Kier molecular flexibility index (Phi) is 7.36. The van der Waals surface area contributed by atoms with E-state index in [0.717, 1.165) is 25.7 Å². The molecule has 0 aromatic carbocycles. The minimum absolute atomic E-state index is 0.308. The first-order chi connectivity index (χ1) is 6.24. The Morgan fingerprint density at radius 3 is 2.31 bits per heavy atom. The first-order valence-electron chi connectivity index (χ1n) is 5.03. The van der Waals surface area contributed by atoms with Crippen molar-refractivity contribution < 1.29 is 9.53 Å². The smallest absolute Gasteiger partial charge is 0.330 e. The monoisotopic (exact) mass is 184 g/mol. The number of esters is 1. The summed E-state index contributed by atoms with van der Waals surface area (Å²) in [6.45, 7) is 8.21. The van der Waals surface area contributed by atoms with Crippen LogP contribution in [0.5, 0.6) is 0 Å².